The van der Waals surface area contributed by atoms with Crippen LogP contribution in [0.4, 0.5) is 0 Å². The lowest BCUT2D eigenvalue weighted by Crippen LogP contribution is -2.27. The van der Waals surface area contributed by atoms with Crippen molar-refractivity contribution in [2.24, 2.45) is 16.5 Å². The van der Waals surface area contributed by atoms with Crippen molar-refractivity contribution >= 4 is 17.6 Å². The molecule has 0 aliphatic rings. The monoisotopic (exact) mass is 187 g/mol. The van der Waals surface area contributed by atoms with E-state index in [1.807, 2.05) is 0 Å². The molecule has 1 amide bonds. The fraction of sp³-hybridized carbons (Fsp3) is 0.500. The number of nitrogens with zero attached hydrogens (tertiary/aromatic N) is 1. The zero-order chi connectivity index (χ0) is 10.3. The molecule has 0 saturated carbocycles. The Morgan fingerprint density at radius 1 is 1.54 bits per heavy atom. The number of nitrogens with one attached hydrogen (secondary N) is 2. The zero-order valence-electron chi connectivity index (χ0n) is 7.08. The molecule has 7 nitrogen and oxygen atoms in total. The lowest BCUT2D eigenvalue weighted by molar-refractivity contribution is -0.122. The van der Waals surface area contributed by atoms with Gasteiger partial charge in [0, 0.05) is 6.54 Å². The van der Waals surface area contributed by atoms with Gasteiger partial charge in [-0.05, 0) is 12.8 Å². The van der Waals surface area contributed by atoms with Gasteiger partial charge in [-0.25, -0.2) is 5.48 Å². The largest absolute Gasteiger partial charge is 0.370 e. The lowest BCUT2D eigenvalue weighted by Gasteiger charge is -1.99. The van der Waals surface area contributed by atoms with Gasteiger partial charge in [-0.15, -0.1) is 0 Å². The van der Waals surface area contributed by atoms with E-state index in [1.165, 1.54) is 5.48 Å². The van der Waals surface area contributed by atoms with E-state index in [2.05, 4.69) is 4.99 Å². The third kappa shape index (κ3) is 5.62. The van der Waals surface area contributed by atoms with E-state index in [1.54, 1.807) is 0 Å². The van der Waals surface area contributed by atoms with Crippen LogP contribution in [0.3, 0.4) is 0 Å². The summed E-state index contributed by atoms with van der Waals surface area (Å²) in [6.07, 6.45) is 0.716. The van der Waals surface area contributed by atoms with Crippen molar-refractivity contribution in [1.29, 1.82) is 5.41 Å². The van der Waals surface area contributed by atoms with Crippen molar-refractivity contribution in [3.8, 4) is 0 Å². The molecule has 0 spiro atoms. The van der Waals surface area contributed by atoms with E-state index in [0.717, 1.165) is 0 Å². The summed E-state index contributed by atoms with van der Waals surface area (Å²) in [7, 11) is 0. The molecule has 7 heteroatoms. The van der Waals surface area contributed by atoms with Crippen molar-refractivity contribution in [1.82, 2.24) is 5.48 Å². The van der Waals surface area contributed by atoms with Gasteiger partial charge in [-0.3, -0.25) is 20.4 Å². The van der Waals surface area contributed by atoms with Crippen molar-refractivity contribution in [2.75, 3.05) is 6.54 Å². The molecule has 0 aromatic heterocycles. The molecule has 0 rings (SSSR count). The molecule has 0 heterocycles. The Morgan fingerprint density at radius 3 is 2.62 bits per heavy atom. The summed E-state index contributed by atoms with van der Waals surface area (Å²) in [5, 5.41) is 15.2. The van der Waals surface area contributed by atoms with Crippen molar-refractivity contribution in [3.05, 3.63) is 0 Å². The van der Waals surface area contributed by atoms with Gasteiger partial charge in [0.25, 0.3) is 5.91 Å². The Labute approximate surface area is 75.3 Å². The van der Waals surface area contributed by atoms with Crippen LogP contribution in [0.5, 0.6) is 0 Å². The summed E-state index contributed by atoms with van der Waals surface area (Å²) in [5.74, 6) is -0.817. The molecule has 0 saturated heterocycles. The van der Waals surface area contributed by atoms with Crippen molar-refractivity contribution < 1.29 is 10.0 Å². The van der Waals surface area contributed by atoms with E-state index < -0.39 is 5.91 Å². The number of aliphatic imine (C=N–C) groups is 1. The van der Waals surface area contributed by atoms with Crippen LogP contribution in [0.25, 0.3) is 0 Å². The highest BCUT2D eigenvalue weighted by atomic mass is 16.5. The van der Waals surface area contributed by atoms with Gasteiger partial charge in [0.05, 0.1) is 5.71 Å². The minimum Gasteiger partial charge on any atom is -0.370 e. The maximum Gasteiger partial charge on any atom is 0.288 e. The van der Waals surface area contributed by atoms with Crippen LogP contribution in [0, 0.1) is 5.41 Å². The molecule has 0 aromatic carbocycles. The van der Waals surface area contributed by atoms with Crippen LogP contribution in [0.1, 0.15) is 12.8 Å². The zero-order valence-corrected chi connectivity index (χ0v) is 7.08. The van der Waals surface area contributed by atoms with Gasteiger partial charge < -0.3 is 11.5 Å². The van der Waals surface area contributed by atoms with Gasteiger partial charge in [0.2, 0.25) is 0 Å². The number of hydrogen-bond donors (Lipinski definition) is 5. The molecular weight excluding hydrogens is 174 g/mol. The van der Waals surface area contributed by atoms with Gasteiger partial charge >= 0.3 is 0 Å². The minimum absolute atomic E-state index is 0.0156. The van der Waals surface area contributed by atoms with Gasteiger partial charge in [-0.2, -0.15) is 0 Å². The van der Waals surface area contributed by atoms with Gasteiger partial charge in [0.1, 0.15) is 0 Å². The number of carbonyl (C=O) groups is 1. The molecule has 0 radical (unpaired) electrons. The SMILES string of the molecule is N=C(CCCN=C(N)N)C(=O)NO. The van der Waals surface area contributed by atoms with Crippen molar-refractivity contribution in [2.45, 2.75) is 12.8 Å². The minimum atomic E-state index is -0.801. The fourth-order valence-corrected chi connectivity index (χ4v) is 0.645. The van der Waals surface area contributed by atoms with Gasteiger partial charge in [0.15, 0.2) is 5.96 Å². The summed E-state index contributed by atoms with van der Waals surface area (Å²) in [6, 6.07) is 0. The molecule has 0 fully saturated rings. The summed E-state index contributed by atoms with van der Waals surface area (Å²) < 4.78 is 0. The van der Waals surface area contributed by atoms with Crippen LogP contribution in [-0.2, 0) is 4.79 Å². The molecule has 0 bridgehead atoms. The summed E-state index contributed by atoms with van der Waals surface area (Å²) >= 11 is 0. The highest BCUT2D eigenvalue weighted by Crippen LogP contribution is 1.91. The maximum atomic E-state index is 10.6. The Bertz CT molecular complexity index is 221. The topological polar surface area (TPSA) is 138 Å². The third-order valence-electron chi connectivity index (χ3n) is 1.25. The summed E-state index contributed by atoms with van der Waals surface area (Å²) in [4.78, 5) is 14.2. The van der Waals surface area contributed by atoms with E-state index in [9.17, 15) is 4.79 Å². The predicted molar refractivity (Wildman–Crippen MR) is 47.6 cm³/mol. The molecule has 7 N–H and O–H groups in total. The van der Waals surface area contributed by atoms with E-state index in [-0.39, 0.29) is 18.1 Å². The second kappa shape index (κ2) is 5.95. The number of carbonyl (C=O) groups excluding carboxylic acids is 1. The van der Waals surface area contributed by atoms with Gasteiger partial charge in [-0.1, -0.05) is 0 Å². The summed E-state index contributed by atoms with van der Waals surface area (Å²) in [5.41, 5.74) is 11.3. The van der Waals surface area contributed by atoms with E-state index in [4.69, 9.17) is 22.1 Å². The van der Waals surface area contributed by atoms with Crippen LogP contribution in [-0.4, -0.2) is 29.3 Å². The third-order valence-corrected chi connectivity index (χ3v) is 1.25. The first-order valence-corrected chi connectivity index (χ1v) is 3.65. The van der Waals surface area contributed by atoms with Crippen LogP contribution in [0.15, 0.2) is 4.99 Å². The maximum absolute atomic E-state index is 10.6. The normalized spacial score (nSPS) is 9.00. The van der Waals surface area contributed by atoms with E-state index in [0.29, 0.717) is 13.0 Å². The first-order valence-electron chi connectivity index (χ1n) is 3.65. The first kappa shape index (κ1) is 11.4. The predicted octanol–water partition coefficient (Wildman–Crippen LogP) is -1.43. The average Bonchev–Trinajstić information content (AvgIpc) is 2.10. The molecule has 0 atom stereocenters. The number of hydrogen-bond acceptors (Lipinski definition) is 4. The number of guanidine groups is 1. The lowest BCUT2D eigenvalue weighted by atomic mass is 10.2. The Balaban J connectivity index is 3.60. The Morgan fingerprint density at radius 2 is 2.15 bits per heavy atom. The second-order valence-electron chi connectivity index (χ2n) is 2.33. The van der Waals surface area contributed by atoms with Crippen LogP contribution in [0.2, 0.25) is 0 Å². The van der Waals surface area contributed by atoms with Crippen molar-refractivity contribution in [3.63, 3.8) is 0 Å². The smallest absolute Gasteiger partial charge is 0.288 e. The molecule has 0 aliphatic carbocycles. The molecule has 74 valence electrons. The quantitative estimate of drug-likeness (QED) is 0.118. The highest BCUT2D eigenvalue weighted by molar-refractivity contribution is 6.37. The fourth-order valence-electron chi connectivity index (χ4n) is 0.645. The standard InChI is InChI=1S/C6H13N5O2/c7-4(5(12)11-13)2-1-3-10-6(8)9/h7,13H,1-3H2,(H,11,12)(H4,8,9,10). The number of nitrogens with two attached hydrogens (primary N) is 2. The molecular formula is C6H13N5O2. The average molecular weight is 187 g/mol. The van der Waals surface area contributed by atoms with E-state index >= 15 is 0 Å². The highest BCUT2D eigenvalue weighted by Gasteiger charge is 2.06. The Kier molecular flexibility index (Phi) is 5.20. The molecule has 0 aliphatic heterocycles. The number of rotatable bonds is 5. The Hall–Kier alpha value is -1.63. The molecule has 0 aromatic rings. The molecule has 0 unspecified atom stereocenters. The molecule has 13 heavy (non-hydrogen) atoms. The van der Waals surface area contributed by atoms with Crippen LogP contribution >= 0.6 is 0 Å². The van der Waals surface area contributed by atoms with Crippen LogP contribution < -0.4 is 16.9 Å². The number of amides is 1. The summed E-state index contributed by atoms with van der Waals surface area (Å²) in [6.45, 7) is 0.365. The number of hydroxylamine groups is 1. The second-order valence-corrected chi connectivity index (χ2v) is 2.33. The first-order chi connectivity index (χ1) is 6.07.